The summed E-state index contributed by atoms with van der Waals surface area (Å²) in [5.74, 6) is 0.0358. The van der Waals surface area contributed by atoms with E-state index in [0.717, 1.165) is 5.69 Å². The van der Waals surface area contributed by atoms with Crippen LogP contribution in [0.15, 0.2) is 48.5 Å². The second kappa shape index (κ2) is 6.93. The van der Waals surface area contributed by atoms with Crippen LogP contribution in [0.5, 0.6) is 5.75 Å². The van der Waals surface area contributed by atoms with Crippen molar-refractivity contribution in [2.24, 2.45) is 5.92 Å². The van der Waals surface area contributed by atoms with Crippen molar-refractivity contribution in [3.8, 4) is 5.75 Å². The van der Waals surface area contributed by atoms with Crippen molar-refractivity contribution in [2.75, 3.05) is 23.9 Å². The maximum atomic E-state index is 12.4. The Kier molecular flexibility index (Phi) is 4.71. The monoisotopic (exact) mass is 344 g/mol. The van der Waals surface area contributed by atoms with Gasteiger partial charge in [-0.3, -0.25) is 9.59 Å². The number of carbonyl (C=O) groups excluding carboxylic acids is 2. The number of hydrogen-bond donors (Lipinski definition) is 1. The standard InChI is InChI=1S/C18H17ClN2O3/c1-24-16-4-2-3-14(10-16)20-18(23)12-9-17(22)21(11-12)15-7-5-13(19)6-8-15/h2-8,10,12H,9,11H2,1H3,(H,20,23)/t12-/m0/s1. The number of ether oxygens (including phenoxy) is 1. The molecule has 0 spiro atoms. The van der Waals surface area contributed by atoms with Crippen LogP contribution in [0.3, 0.4) is 0 Å². The second-order valence-electron chi connectivity index (χ2n) is 5.60. The quantitative estimate of drug-likeness (QED) is 0.925. The van der Waals surface area contributed by atoms with Gasteiger partial charge in [0, 0.05) is 35.4 Å². The number of amides is 2. The second-order valence-corrected chi connectivity index (χ2v) is 6.04. The van der Waals surface area contributed by atoms with E-state index in [-0.39, 0.29) is 24.2 Å². The molecule has 1 fully saturated rings. The lowest BCUT2D eigenvalue weighted by molar-refractivity contribution is -0.122. The first-order valence-electron chi connectivity index (χ1n) is 7.57. The van der Waals surface area contributed by atoms with Gasteiger partial charge < -0.3 is 15.0 Å². The maximum Gasteiger partial charge on any atom is 0.229 e. The molecule has 1 aliphatic heterocycles. The molecule has 6 heteroatoms. The van der Waals surface area contributed by atoms with Crippen molar-refractivity contribution in [1.29, 1.82) is 0 Å². The van der Waals surface area contributed by atoms with Crippen molar-refractivity contribution in [1.82, 2.24) is 0 Å². The Morgan fingerprint density at radius 3 is 2.71 bits per heavy atom. The van der Waals surface area contributed by atoms with Gasteiger partial charge in [-0.05, 0) is 36.4 Å². The van der Waals surface area contributed by atoms with E-state index in [4.69, 9.17) is 16.3 Å². The van der Waals surface area contributed by atoms with Crippen LogP contribution >= 0.6 is 11.6 Å². The molecule has 1 aliphatic rings. The molecule has 24 heavy (non-hydrogen) atoms. The summed E-state index contributed by atoms with van der Waals surface area (Å²) < 4.78 is 5.14. The molecule has 0 aromatic heterocycles. The van der Waals surface area contributed by atoms with Gasteiger partial charge in [0.1, 0.15) is 5.75 Å². The molecular formula is C18H17ClN2O3. The van der Waals surface area contributed by atoms with Crippen LogP contribution in [0.2, 0.25) is 5.02 Å². The molecule has 0 bridgehead atoms. The molecule has 1 atom stereocenters. The number of nitrogens with one attached hydrogen (secondary N) is 1. The van der Waals surface area contributed by atoms with Crippen LogP contribution in [0.1, 0.15) is 6.42 Å². The molecule has 0 unspecified atom stereocenters. The predicted molar refractivity (Wildman–Crippen MR) is 93.5 cm³/mol. The zero-order chi connectivity index (χ0) is 17.1. The van der Waals surface area contributed by atoms with Crippen LogP contribution < -0.4 is 15.0 Å². The summed E-state index contributed by atoms with van der Waals surface area (Å²) in [6.07, 6.45) is 0.193. The highest BCUT2D eigenvalue weighted by Crippen LogP contribution is 2.27. The van der Waals surface area contributed by atoms with Gasteiger partial charge in [0.2, 0.25) is 11.8 Å². The first kappa shape index (κ1) is 16.3. The summed E-state index contributed by atoms with van der Waals surface area (Å²) in [6.45, 7) is 0.357. The number of hydrogen-bond acceptors (Lipinski definition) is 3. The number of carbonyl (C=O) groups is 2. The van der Waals surface area contributed by atoms with Gasteiger partial charge in [-0.25, -0.2) is 0 Å². The van der Waals surface area contributed by atoms with E-state index in [9.17, 15) is 9.59 Å². The topological polar surface area (TPSA) is 58.6 Å². The molecule has 1 heterocycles. The van der Waals surface area contributed by atoms with Crippen molar-refractivity contribution in [3.05, 3.63) is 53.6 Å². The highest BCUT2D eigenvalue weighted by atomic mass is 35.5. The Labute approximate surface area is 145 Å². The smallest absolute Gasteiger partial charge is 0.229 e. The molecule has 5 nitrogen and oxygen atoms in total. The third-order valence-electron chi connectivity index (χ3n) is 3.97. The fraction of sp³-hybridized carbons (Fsp3) is 0.222. The van der Waals surface area contributed by atoms with Crippen LogP contribution in [0.4, 0.5) is 11.4 Å². The zero-order valence-electron chi connectivity index (χ0n) is 13.2. The van der Waals surface area contributed by atoms with E-state index in [1.807, 2.05) is 0 Å². The van der Waals surface area contributed by atoms with Gasteiger partial charge in [-0.1, -0.05) is 17.7 Å². The fourth-order valence-corrected chi connectivity index (χ4v) is 2.82. The molecule has 1 N–H and O–H groups in total. The van der Waals surface area contributed by atoms with Gasteiger partial charge in [-0.15, -0.1) is 0 Å². The number of benzene rings is 2. The van der Waals surface area contributed by atoms with Crippen LogP contribution in [-0.2, 0) is 9.59 Å². The molecule has 124 valence electrons. The SMILES string of the molecule is COc1cccc(NC(=O)[C@H]2CC(=O)N(c3ccc(Cl)cc3)C2)c1. The molecule has 2 amide bonds. The molecule has 3 rings (SSSR count). The number of halogens is 1. The summed E-state index contributed by atoms with van der Waals surface area (Å²) in [5, 5.41) is 3.45. The summed E-state index contributed by atoms with van der Waals surface area (Å²) in [5.41, 5.74) is 1.40. The first-order valence-corrected chi connectivity index (χ1v) is 7.95. The van der Waals surface area contributed by atoms with Gasteiger partial charge in [0.05, 0.1) is 13.0 Å². The molecule has 0 radical (unpaired) electrons. The lowest BCUT2D eigenvalue weighted by Gasteiger charge is -2.17. The number of nitrogens with zero attached hydrogens (tertiary/aromatic N) is 1. The number of methoxy groups -OCH3 is 1. The van der Waals surface area contributed by atoms with Crippen molar-refractivity contribution in [3.63, 3.8) is 0 Å². The van der Waals surface area contributed by atoms with Gasteiger partial charge in [0.25, 0.3) is 0 Å². The number of anilines is 2. The molecule has 0 aliphatic carbocycles. The third kappa shape index (κ3) is 3.51. The highest BCUT2D eigenvalue weighted by molar-refractivity contribution is 6.30. The average Bonchev–Trinajstić information content (AvgIpc) is 2.98. The van der Waals surface area contributed by atoms with E-state index in [1.165, 1.54) is 0 Å². The third-order valence-corrected chi connectivity index (χ3v) is 4.22. The van der Waals surface area contributed by atoms with Gasteiger partial charge >= 0.3 is 0 Å². The van der Waals surface area contributed by atoms with Crippen LogP contribution in [0, 0.1) is 5.92 Å². The first-order chi connectivity index (χ1) is 11.6. The van der Waals surface area contributed by atoms with Crippen molar-refractivity contribution in [2.45, 2.75) is 6.42 Å². The Balaban J connectivity index is 1.68. The fourth-order valence-electron chi connectivity index (χ4n) is 2.70. The summed E-state index contributed by atoms with van der Waals surface area (Å²) >= 11 is 5.87. The Morgan fingerprint density at radius 2 is 2.00 bits per heavy atom. The molecule has 2 aromatic carbocycles. The van der Waals surface area contributed by atoms with E-state index in [0.29, 0.717) is 23.0 Å². The minimum absolute atomic E-state index is 0.0666. The van der Waals surface area contributed by atoms with Gasteiger partial charge in [-0.2, -0.15) is 0 Å². The van der Waals surface area contributed by atoms with E-state index in [1.54, 1.807) is 60.5 Å². The van der Waals surface area contributed by atoms with Gasteiger partial charge in [0.15, 0.2) is 0 Å². The molecular weight excluding hydrogens is 328 g/mol. The lowest BCUT2D eigenvalue weighted by Crippen LogP contribution is -2.28. The van der Waals surface area contributed by atoms with E-state index >= 15 is 0 Å². The molecule has 2 aromatic rings. The largest absolute Gasteiger partial charge is 0.497 e. The normalized spacial score (nSPS) is 17.0. The highest BCUT2D eigenvalue weighted by Gasteiger charge is 2.35. The zero-order valence-corrected chi connectivity index (χ0v) is 13.9. The number of rotatable bonds is 4. The minimum atomic E-state index is -0.389. The van der Waals surface area contributed by atoms with Crippen molar-refractivity contribution >= 4 is 34.8 Å². The molecule has 1 saturated heterocycles. The van der Waals surface area contributed by atoms with Crippen LogP contribution in [-0.4, -0.2) is 25.5 Å². The Bertz CT molecular complexity index is 761. The summed E-state index contributed by atoms with van der Waals surface area (Å²) in [7, 11) is 1.57. The summed E-state index contributed by atoms with van der Waals surface area (Å²) in [6, 6.07) is 14.2. The van der Waals surface area contributed by atoms with Crippen molar-refractivity contribution < 1.29 is 14.3 Å². The predicted octanol–water partition coefficient (Wildman–Crippen LogP) is 3.34. The summed E-state index contributed by atoms with van der Waals surface area (Å²) in [4.78, 5) is 26.3. The van der Waals surface area contributed by atoms with E-state index in [2.05, 4.69) is 5.32 Å². The van der Waals surface area contributed by atoms with Crippen LogP contribution in [0.25, 0.3) is 0 Å². The lowest BCUT2D eigenvalue weighted by atomic mass is 10.1. The Morgan fingerprint density at radius 1 is 1.25 bits per heavy atom. The average molecular weight is 345 g/mol. The molecule has 0 saturated carbocycles. The van der Waals surface area contributed by atoms with E-state index < -0.39 is 0 Å². The maximum absolute atomic E-state index is 12.4. The Hall–Kier alpha value is -2.53. The minimum Gasteiger partial charge on any atom is -0.497 e.